The van der Waals surface area contributed by atoms with Crippen LogP contribution in [0.25, 0.3) is 11.2 Å². The predicted octanol–water partition coefficient (Wildman–Crippen LogP) is 2.41. The molecule has 0 spiro atoms. The van der Waals surface area contributed by atoms with E-state index in [1.165, 1.54) is 0 Å². The molecule has 0 saturated heterocycles. The largest absolute Gasteiger partial charge is 0.497 e. The Labute approximate surface area is 115 Å². The smallest absolute Gasteiger partial charge is 0.221 e. The number of methoxy groups -OCH3 is 1. The van der Waals surface area contributed by atoms with Crippen molar-refractivity contribution < 1.29 is 9.47 Å². The highest BCUT2D eigenvalue weighted by atomic mass is 16.5. The third-order valence-electron chi connectivity index (χ3n) is 2.74. The third kappa shape index (κ3) is 2.31. The topological polar surface area (TPSA) is 83.2 Å². The maximum atomic E-state index is 5.87. The zero-order valence-electron chi connectivity index (χ0n) is 10.8. The minimum absolute atomic E-state index is 0.401. The molecule has 0 amide bonds. The van der Waals surface area contributed by atoms with Gasteiger partial charge in [0.2, 0.25) is 5.88 Å². The Balaban J connectivity index is 1.96. The number of anilines is 1. The normalized spacial score (nSPS) is 10.4. The maximum Gasteiger partial charge on any atom is 0.221 e. The molecule has 0 saturated carbocycles. The number of nitrogens with zero attached hydrogens (tertiary/aromatic N) is 3. The van der Waals surface area contributed by atoms with Crippen molar-refractivity contribution in [2.75, 3.05) is 12.8 Å². The van der Waals surface area contributed by atoms with E-state index in [1.54, 1.807) is 49.8 Å². The minimum atomic E-state index is 0.401. The van der Waals surface area contributed by atoms with E-state index in [2.05, 4.69) is 15.0 Å². The van der Waals surface area contributed by atoms with Gasteiger partial charge in [-0.3, -0.25) is 4.98 Å². The van der Waals surface area contributed by atoms with Gasteiger partial charge in [-0.2, -0.15) is 4.98 Å². The van der Waals surface area contributed by atoms with Crippen LogP contribution in [-0.2, 0) is 0 Å². The Morgan fingerprint density at radius 3 is 2.75 bits per heavy atom. The standard InChI is InChI=1S/C14H12N4O2/c1-19-9-2-3-10(15)12(8-9)20-13-5-4-11-14(18-13)17-7-6-16-11/h2-8H,15H2,1H3. The number of fused-ring (bicyclic) bond motifs is 1. The van der Waals surface area contributed by atoms with E-state index in [4.69, 9.17) is 15.2 Å². The average molecular weight is 268 g/mol. The summed E-state index contributed by atoms with van der Waals surface area (Å²) in [6, 6.07) is 8.70. The molecule has 0 unspecified atom stereocenters. The van der Waals surface area contributed by atoms with Crippen LogP contribution in [0.5, 0.6) is 17.4 Å². The molecule has 3 aromatic rings. The third-order valence-corrected chi connectivity index (χ3v) is 2.74. The lowest BCUT2D eigenvalue weighted by Crippen LogP contribution is -1.95. The minimum Gasteiger partial charge on any atom is -0.497 e. The van der Waals surface area contributed by atoms with E-state index in [9.17, 15) is 0 Å². The highest BCUT2D eigenvalue weighted by Crippen LogP contribution is 2.30. The lowest BCUT2D eigenvalue weighted by atomic mass is 10.3. The zero-order chi connectivity index (χ0) is 13.9. The van der Waals surface area contributed by atoms with Crippen molar-refractivity contribution in [2.45, 2.75) is 0 Å². The highest BCUT2D eigenvalue weighted by Gasteiger charge is 2.07. The lowest BCUT2D eigenvalue weighted by molar-refractivity contribution is 0.408. The van der Waals surface area contributed by atoms with Crippen LogP contribution >= 0.6 is 0 Å². The van der Waals surface area contributed by atoms with Gasteiger partial charge in [-0.05, 0) is 18.2 Å². The monoisotopic (exact) mass is 268 g/mol. The first-order valence-electron chi connectivity index (χ1n) is 5.95. The molecule has 0 aliphatic rings. The van der Waals surface area contributed by atoms with Gasteiger partial charge in [0.25, 0.3) is 0 Å². The summed E-state index contributed by atoms with van der Waals surface area (Å²) < 4.78 is 10.8. The highest BCUT2D eigenvalue weighted by molar-refractivity contribution is 5.69. The lowest BCUT2D eigenvalue weighted by Gasteiger charge is -2.09. The summed E-state index contributed by atoms with van der Waals surface area (Å²) in [6.07, 6.45) is 3.20. The molecule has 1 aromatic carbocycles. The van der Waals surface area contributed by atoms with Crippen molar-refractivity contribution in [2.24, 2.45) is 0 Å². The molecule has 0 fully saturated rings. The van der Waals surface area contributed by atoms with Crippen molar-refractivity contribution in [3.8, 4) is 17.4 Å². The van der Waals surface area contributed by atoms with Crippen LogP contribution in [0.2, 0.25) is 0 Å². The summed E-state index contributed by atoms with van der Waals surface area (Å²) in [5.74, 6) is 1.55. The van der Waals surface area contributed by atoms with E-state index >= 15 is 0 Å². The van der Waals surface area contributed by atoms with Crippen molar-refractivity contribution in [3.05, 3.63) is 42.7 Å². The number of hydrogen-bond acceptors (Lipinski definition) is 6. The fourth-order valence-electron chi connectivity index (χ4n) is 1.74. The fourth-order valence-corrected chi connectivity index (χ4v) is 1.74. The van der Waals surface area contributed by atoms with Crippen LogP contribution in [-0.4, -0.2) is 22.1 Å². The molecule has 3 rings (SSSR count). The molecule has 0 aliphatic heterocycles. The van der Waals surface area contributed by atoms with Crippen LogP contribution in [0, 0.1) is 0 Å². The van der Waals surface area contributed by atoms with Gasteiger partial charge in [0.15, 0.2) is 11.4 Å². The molecule has 0 radical (unpaired) electrons. The molecule has 20 heavy (non-hydrogen) atoms. The van der Waals surface area contributed by atoms with E-state index in [-0.39, 0.29) is 0 Å². The molecule has 0 aliphatic carbocycles. The Hall–Kier alpha value is -2.89. The second-order valence-electron chi connectivity index (χ2n) is 4.05. The quantitative estimate of drug-likeness (QED) is 0.734. The van der Waals surface area contributed by atoms with E-state index < -0.39 is 0 Å². The Bertz CT molecular complexity index is 761. The first-order chi connectivity index (χ1) is 9.76. The number of rotatable bonds is 3. The second kappa shape index (κ2) is 5.00. The van der Waals surface area contributed by atoms with Gasteiger partial charge in [-0.25, -0.2) is 4.98 Å². The Morgan fingerprint density at radius 2 is 1.90 bits per heavy atom. The number of nitrogens with two attached hydrogens (primary N) is 1. The molecule has 2 N–H and O–H groups in total. The maximum absolute atomic E-state index is 5.87. The fraction of sp³-hybridized carbons (Fsp3) is 0.0714. The number of aromatic nitrogens is 3. The molecule has 2 heterocycles. The summed E-state index contributed by atoms with van der Waals surface area (Å²) in [7, 11) is 1.58. The number of benzene rings is 1. The van der Waals surface area contributed by atoms with Crippen molar-refractivity contribution in [1.29, 1.82) is 0 Å². The number of ether oxygens (including phenoxy) is 2. The van der Waals surface area contributed by atoms with E-state index in [0.717, 1.165) is 0 Å². The van der Waals surface area contributed by atoms with Gasteiger partial charge in [-0.1, -0.05) is 0 Å². The molecule has 2 aromatic heterocycles. The molecule has 6 nitrogen and oxygen atoms in total. The number of hydrogen-bond donors (Lipinski definition) is 1. The number of nitrogen functional groups attached to an aromatic ring is 1. The van der Waals surface area contributed by atoms with E-state index in [1.807, 2.05) is 0 Å². The number of pyridine rings is 1. The second-order valence-corrected chi connectivity index (χ2v) is 4.05. The summed E-state index contributed by atoms with van der Waals surface area (Å²) in [4.78, 5) is 12.6. The summed E-state index contributed by atoms with van der Waals surface area (Å²) in [5, 5.41) is 0. The first kappa shape index (κ1) is 12.2. The first-order valence-corrected chi connectivity index (χ1v) is 5.95. The van der Waals surface area contributed by atoms with Gasteiger partial charge < -0.3 is 15.2 Å². The SMILES string of the molecule is COc1ccc(N)c(Oc2ccc3nccnc3n2)c1. The van der Waals surface area contributed by atoms with Crippen molar-refractivity contribution >= 4 is 16.9 Å². The van der Waals surface area contributed by atoms with Gasteiger partial charge in [0.05, 0.1) is 12.8 Å². The molecule has 6 heteroatoms. The van der Waals surface area contributed by atoms with Crippen LogP contribution in [0.1, 0.15) is 0 Å². The van der Waals surface area contributed by atoms with Crippen LogP contribution in [0.3, 0.4) is 0 Å². The Morgan fingerprint density at radius 1 is 1.05 bits per heavy atom. The Kier molecular flexibility index (Phi) is 3.04. The van der Waals surface area contributed by atoms with Crippen LogP contribution in [0.4, 0.5) is 5.69 Å². The predicted molar refractivity (Wildman–Crippen MR) is 74.8 cm³/mol. The zero-order valence-corrected chi connectivity index (χ0v) is 10.8. The molecule has 0 atom stereocenters. The molecule has 100 valence electrons. The van der Waals surface area contributed by atoms with E-state index in [0.29, 0.717) is 34.2 Å². The van der Waals surface area contributed by atoms with Crippen LogP contribution in [0.15, 0.2) is 42.7 Å². The van der Waals surface area contributed by atoms with Crippen LogP contribution < -0.4 is 15.2 Å². The average Bonchev–Trinajstić information content (AvgIpc) is 2.49. The van der Waals surface area contributed by atoms with Gasteiger partial charge >= 0.3 is 0 Å². The van der Waals surface area contributed by atoms with Gasteiger partial charge in [0, 0.05) is 24.5 Å². The molecular formula is C14H12N4O2. The summed E-state index contributed by atoms with van der Waals surface area (Å²) >= 11 is 0. The summed E-state index contributed by atoms with van der Waals surface area (Å²) in [5.41, 5.74) is 7.60. The van der Waals surface area contributed by atoms with Crippen molar-refractivity contribution in [3.63, 3.8) is 0 Å². The molecular weight excluding hydrogens is 256 g/mol. The van der Waals surface area contributed by atoms with Gasteiger partial charge in [-0.15, -0.1) is 0 Å². The summed E-state index contributed by atoms with van der Waals surface area (Å²) in [6.45, 7) is 0. The molecule has 0 bridgehead atoms. The van der Waals surface area contributed by atoms with Crippen molar-refractivity contribution in [1.82, 2.24) is 15.0 Å². The van der Waals surface area contributed by atoms with Gasteiger partial charge in [0.1, 0.15) is 11.3 Å².